The maximum absolute atomic E-state index is 10.1. The molecule has 0 unspecified atom stereocenters. The van der Waals surface area contributed by atoms with Crippen LogP contribution in [0.5, 0.6) is 11.5 Å². The minimum absolute atomic E-state index is 0.249. The van der Waals surface area contributed by atoms with E-state index in [0.29, 0.717) is 24.8 Å². The largest absolute Gasteiger partial charge is 0.508 e. The fourth-order valence-corrected chi connectivity index (χ4v) is 3.48. The lowest BCUT2D eigenvalue weighted by molar-refractivity contribution is 0.406. The van der Waals surface area contributed by atoms with E-state index < -0.39 is 0 Å². The number of aromatic hydroxyl groups is 1. The average Bonchev–Trinajstić information content (AvgIpc) is 2.76. The van der Waals surface area contributed by atoms with Crippen LogP contribution in [0.4, 0.5) is 5.82 Å². The van der Waals surface area contributed by atoms with Crippen LogP contribution >= 0.6 is 0 Å². The fourth-order valence-electron chi connectivity index (χ4n) is 3.48. The van der Waals surface area contributed by atoms with Gasteiger partial charge in [0.2, 0.25) is 0 Å². The summed E-state index contributed by atoms with van der Waals surface area (Å²) in [5, 5.41) is 17.0. The third kappa shape index (κ3) is 6.01. The first-order valence-corrected chi connectivity index (χ1v) is 10.3. The van der Waals surface area contributed by atoms with Crippen molar-refractivity contribution in [2.75, 3.05) is 38.2 Å². The molecule has 0 atom stereocenters. The Bertz CT molecular complexity index is 789. The van der Waals surface area contributed by atoms with Gasteiger partial charge < -0.3 is 25.4 Å². The smallest absolute Gasteiger partial charge is 0.191 e. The van der Waals surface area contributed by atoms with Gasteiger partial charge in [-0.1, -0.05) is 12.1 Å². The summed E-state index contributed by atoms with van der Waals surface area (Å²) >= 11 is 0. The van der Waals surface area contributed by atoms with Crippen LogP contribution in [-0.2, 0) is 6.42 Å². The molecule has 0 saturated carbocycles. The third-order valence-corrected chi connectivity index (χ3v) is 5.10. The predicted octanol–water partition coefficient (Wildman–Crippen LogP) is 2.56. The lowest BCUT2D eigenvalue weighted by atomic mass is 10.1. The molecule has 0 aliphatic carbocycles. The number of nitrogens with zero attached hydrogens (tertiary/aromatic N) is 3. The molecule has 156 valence electrons. The van der Waals surface area contributed by atoms with Crippen molar-refractivity contribution in [2.24, 2.45) is 4.99 Å². The predicted molar refractivity (Wildman–Crippen MR) is 117 cm³/mol. The van der Waals surface area contributed by atoms with Gasteiger partial charge in [-0.3, -0.25) is 4.99 Å². The molecule has 2 heterocycles. The highest BCUT2D eigenvalue weighted by Gasteiger charge is 2.20. The molecule has 1 aliphatic heterocycles. The minimum atomic E-state index is 0.249. The lowest BCUT2D eigenvalue weighted by Crippen LogP contribution is -2.49. The summed E-state index contributed by atoms with van der Waals surface area (Å²) in [7, 11) is 1.59. The van der Waals surface area contributed by atoms with Crippen LogP contribution in [0.1, 0.15) is 25.3 Å². The molecule has 1 saturated heterocycles. The summed E-state index contributed by atoms with van der Waals surface area (Å²) in [5.74, 6) is 2.78. The number of pyridine rings is 1. The Labute approximate surface area is 172 Å². The van der Waals surface area contributed by atoms with E-state index in [-0.39, 0.29) is 5.75 Å². The molecule has 29 heavy (non-hydrogen) atoms. The number of phenolic OH excluding ortho intramolecular Hbond substituents is 1. The number of guanidine groups is 1. The van der Waals surface area contributed by atoms with Crippen molar-refractivity contribution in [2.45, 2.75) is 32.2 Å². The van der Waals surface area contributed by atoms with Crippen LogP contribution < -0.4 is 20.3 Å². The Balaban J connectivity index is 1.51. The van der Waals surface area contributed by atoms with Crippen molar-refractivity contribution in [1.29, 1.82) is 0 Å². The van der Waals surface area contributed by atoms with E-state index in [4.69, 9.17) is 4.74 Å². The van der Waals surface area contributed by atoms with Crippen LogP contribution in [0.3, 0.4) is 0 Å². The highest BCUT2D eigenvalue weighted by molar-refractivity contribution is 5.80. The quantitative estimate of drug-likeness (QED) is 0.492. The van der Waals surface area contributed by atoms with Crippen LogP contribution in [0.15, 0.2) is 47.6 Å². The van der Waals surface area contributed by atoms with Crippen molar-refractivity contribution in [3.05, 3.63) is 48.2 Å². The van der Waals surface area contributed by atoms with Crippen LogP contribution in [0, 0.1) is 0 Å². The van der Waals surface area contributed by atoms with E-state index in [9.17, 15) is 5.11 Å². The number of methoxy groups -OCH3 is 1. The van der Waals surface area contributed by atoms with E-state index in [0.717, 1.165) is 49.8 Å². The van der Waals surface area contributed by atoms with Gasteiger partial charge in [0.15, 0.2) is 5.96 Å². The van der Waals surface area contributed by atoms with Gasteiger partial charge in [-0.15, -0.1) is 0 Å². The number of hydrogen-bond acceptors (Lipinski definition) is 5. The molecular weight excluding hydrogens is 366 g/mol. The molecule has 7 nitrogen and oxygen atoms in total. The molecule has 0 amide bonds. The summed E-state index contributed by atoms with van der Waals surface area (Å²) in [5.41, 5.74) is 0.870. The zero-order chi connectivity index (χ0) is 20.5. The normalized spacial score (nSPS) is 15.2. The van der Waals surface area contributed by atoms with Crippen molar-refractivity contribution >= 4 is 11.8 Å². The molecule has 1 aromatic carbocycles. The molecule has 7 heteroatoms. The number of benzene rings is 1. The number of nitrogens with one attached hydrogen (secondary N) is 2. The fraction of sp³-hybridized carbons (Fsp3) is 0.455. The summed E-state index contributed by atoms with van der Waals surface area (Å²) in [6, 6.07) is 11.8. The van der Waals surface area contributed by atoms with Gasteiger partial charge in [-0.05, 0) is 49.9 Å². The number of hydrogen-bond donors (Lipinski definition) is 3. The zero-order valence-corrected chi connectivity index (χ0v) is 17.3. The van der Waals surface area contributed by atoms with Crippen LogP contribution in [0.25, 0.3) is 0 Å². The minimum Gasteiger partial charge on any atom is -0.508 e. The Morgan fingerprint density at radius 3 is 2.76 bits per heavy atom. The standard InChI is InChI=1S/C22H31N5O2/c1-3-23-22(25-13-9-17-7-8-19(29-2)16-20(17)28)26-18-10-14-27(15-11-18)21-6-4-5-12-24-21/h4-8,12,16,18,28H,3,9-11,13-15H2,1-2H3,(H2,23,25,26). The van der Waals surface area contributed by atoms with Crippen molar-refractivity contribution in [1.82, 2.24) is 15.6 Å². The number of ether oxygens (including phenoxy) is 1. The highest BCUT2D eigenvalue weighted by Crippen LogP contribution is 2.23. The maximum atomic E-state index is 10.1. The first-order chi connectivity index (χ1) is 14.2. The van der Waals surface area contributed by atoms with Crippen LogP contribution in [0.2, 0.25) is 0 Å². The van der Waals surface area contributed by atoms with Gasteiger partial charge in [-0.2, -0.15) is 0 Å². The second kappa shape index (κ2) is 10.5. The third-order valence-electron chi connectivity index (χ3n) is 5.10. The van der Waals surface area contributed by atoms with Crippen molar-refractivity contribution < 1.29 is 9.84 Å². The number of rotatable bonds is 7. The molecular formula is C22H31N5O2. The summed E-state index contributed by atoms with van der Waals surface area (Å²) in [6.45, 7) is 5.44. The summed E-state index contributed by atoms with van der Waals surface area (Å²) < 4.78 is 5.13. The lowest BCUT2D eigenvalue weighted by Gasteiger charge is -2.33. The number of phenols is 1. The van der Waals surface area contributed by atoms with Crippen molar-refractivity contribution in [3.8, 4) is 11.5 Å². The number of aromatic nitrogens is 1. The first-order valence-electron chi connectivity index (χ1n) is 10.3. The maximum Gasteiger partial charge on any atom is 0.191 e. The SMILES string of the molecule is CCNC(=NCCc1ccc(OC)cc1O)NC1CCN(c2ccccn2)CC1. The summed E-state index contributed by atoms with van der Waals surface area (Å²) in [4.78, 5) is 11.5. The topological polar surface area (TPSA) is 82.0 Å². The van der Waals surface area contributed by atoms with Gasteiger partial charge in [0.05, 0.1) is 7.11 Å². The molecule has 2 aromatic rings. The summed E-state index contributed by atoms with van der Waals surface area (Å²) in [6.07, 6.45) is 4.60. The van der Waals surface area contributed by atoms with E-state index in [1.807, 2.05) is 30.5 Å². The van der Waals surface area contributed by atoms with Crippen molar-refractivity contribution in [3.63, 3.8) is 0 Å². The number of piperidine rings is 1. The van der Waals surface area contributed by atoms with Crippen LogP contribution in [-0.4, -0.2) is 55.4 Å². The molecule has 0 radical (unpaired) electrons. The Hall–Kier alpha value is -2.96. The van der Waals surface area contributed by atoms with Gasteiger partial charge in [0.25, 0.3) is 0 Å². The van der Waals surface area contributed by atoms with E-state index in [1.54, 1.807) is 13.2 Å². The van der Waals surface area contributed by atoms with E-state index >= 15 is 0 Å². The molecule has 1 fully saturated rings. The monoisotopic (exact) mass is 397 g/mol. The number of aliphatic imine (C=N–C) groups is 1. The van der Waals surface area contributed by atoms with E-state index in [1.165, 1.54) is 0 Å². The van der Waals surface area contributed by atoms with E-state index in [2.05, 4.69) is 38.5 Å². The molecule has 3 N–H and O–H groups in total. The van der Waals surface area contributed by atoms with Gasteiger partial charge >= 0.3 is 0 Å². The Morgan fingerprint density at radius 2 is 2.10 bits per heavy atom. The molecule has 0 bridgehead atoms. The average molecular weight is 398 g/mol. The number of anilines is 1. The Morgan fingerprint density at radius 1 is 1.28 bits per heavy atom. The molecule has 1 aliphatic rings. The molecule has 3 rings (SSSR count). The Kier molecular flexibility index (Phi) is 7.55. The second-order valence-electron chi connectivity index (χ2n) is 7.10. The second-order valence-corrected chi connectivity index (χ2v) is 7.10. The zero-order valence-electron chi connectivity index (χ0n) is 17.3. The van der Waals surface area contributed by atoms with Gasteiger partial charge in [-0.25, -0.2) is 4.98 Å². The van der Waals surface area contributed by atoms with Gasteiger partial charge in [0.1, 0.15) is 17.3 Å². The molecule has 0 spiro atoms. The first kappa shape index (κ1) is 20.8. The van der Waals surface area contributed by atoms with Gasteiger partial charge in [0, 0.05) is 44.5 Å². The molecule has 1 aromatic heterocycles. The highest BCUT2D eigenvalue weighted by atomic mass is 16.5.